The predicted octanol–water partition coefficient (Wildman–Crippen LogP) is 1.77. The molecule has 5 heteroatoms. The van der Waals surface area contributed by atoms with Crippen LogP contribution in [-0.4, -0.2) is 68.9 Å². The number of piperidine rings is 1. The Morgan fingerprint density at radius 1 is 1.27 bits per heavy atom. The van der Waals surface area contributed by atoms with Crippen LogP contribution in [0.4, 0.5) is 0 Å². The zero-order valence-corrected chi connectivity index (χ0v) is 17.5. The van der Waals surface area contributed by atoms with E-state index in [1.807, 2.05) is 30.3 Å². The third-order valence-electron chi connectivity index (χ3n) is 5.09. The van der Waals surface area contributed by atoms with Gasteiger partial charge in [0.2, 0.25) is 0 Å². The fraction of sp³-hybridized carbons (Fsp3) is 0.588. The number of rotatable bonds is 5. The van der Waals surface area contributed by atoms with Crippen molar-refractivity contribution in [1.82, 2.24) is 4.90 Å². The summed E-state index contributed by atoms with van der Waals surface area (Å²) in [5.74, 6) is -0.413. The van der Waals surface area contributed by atoms with E-state index in [4.69, 9.17) is 7.42 Å². The SMILES string of the molecule is CN1[C@@H]2CC[C@H]1C[C@@H](OC(=O)C(C[O][PbH])c1ccccc1)C2. The summed E-state index contributed by atoms with van der Waals surface area (Å²) in [6, 6.07) is 11.0. The molecule has 1 aromatic rings. The Bertz CT molecular complexity index is 496. The minimum atomic E-state index is -0.288. The minimum absolute atomic E-state index is 0.0731. The third-order valence-corrected chi connectivity index (χ3v) is 5.84. The number of benzene rings is 1. The van der Waals surface area contributed by atoms with Gasteiger partial charge in [0.1, 0.15) is 0 Å². The summed E-state index contributed by atoms with van der Waals surface area (Å²) < 4.78 is 11.3. The number of hydrogen-bond acceptors (Lipinski definition) is 4. The van der Waals surface area contributed by atoms with Crippen LogP contribution >= 0.6 is 0 Å². The van der Waals surface area contributed by atoms with Crippen molar-refractivity contribution in [3.63, 3.8) is 0 Å². The average Bonchev–Trinajstić information content (AvgIpc) is 2.75. The summed E-state index contributed by atoms with van der Waals surface area (Å²) >= 11 is 0.434. The summed E-state index contributed by atoms with van der Waals surface area (Å²) in [6.07, 6.45) is 4.50. The fourth-order valence-electron chi connectivity index (χ4n) is 3.79. The third kappa shape index (κ3) is 3.54. The van der Waals surface area contributed by atoms with Gasteiger partial charge in [0.25, 0.3) is 0 Å². The van der Waals surface area contributed by atoms with E-state index in [-0.39, 0.29) is 18.0 Å². The van der Waals surface area contributed by atoms with Gasteiger partial charge >= 0.3 is 149 Å². The van der Waals surface area contributed by atoms with Crippen molar-refractivity contribution in [3.8, 4) is 0 Å². The Morgan fingerprint density at radius 3 is 2.50 bits per heavy atom. The molecular weight excluding hydrogens is 473 g/mol. The number of fused-ring (bicyclic) bond motifs is 2. The Hall–Kier alpha value is -0.468. The van der Waals surface area contributed by atoms with Gasteiger partial charge in [-0.2, -0.15) is 0 Å². The Labute approximate surface area is 148 Å². The number of nitrogens with zero attached hydrogens (tertiary/aromatic N) is 1. The molecule has 2 fully saturated rings. The van der Waals surface area contributed by atoms with Gasteiger partial charge in [-0.15, -0.1) is 0 Å². The fourth-order valence-corrected chi connectivity index (χ4v) is 4.53. The van der Waals surface area contributed by atoms with Gasteiger partial charge in [0.15, 0.2) is 0 Å². The van der Waals surface area contributed by atoms with Crippen LogP contribution in [0.1, 0.15) is 37.2 Å². The van der Waals surface area contributed by atoms with E-state index in [1.165, 1.54) is 12.8 Å². The van der Waals surface area contributed by atoms with Crippen LogP contribution in [0.2, 0.25) is 0 Å². The van der Waals surface area contributed by atoms with Crippen molar-refractivity contribution in [2.45, 2.75) is 49.8 Å². The van der Waals surface area contributed by atoms with E-state index in [0.29, 0.717) is 44.9 Å². The molecule has 0 aromatic heterocycles. The molecule has 1 unspecified atom stereocenters. The number of carbonyl (C=O) groups excluding carboxylic acids is 1. The molecule has 2 heterocycles. The molecule has 0 N–H and O–H groups in total. The summed E-state index contributed by atoms with van der Waals surface area (Å²) in [5, 5.41) is 0. The maximum atomic E-state index is 12.6. The maximum absolute atomic E-state index is 12.6. The molecule has 22 heavy (non-hydrogen) atoms. The van der Waals surface area contributed by atoms with E-state index in [9.17, 15) is 4.79 Å². The molecule has 0 amide bonds. The topological polar surface area (TPSA) is 38.8 Å². The van der Waals surface area contributed by atoms with Crippen LogP contribution in [0.3, 0.4) is 0 Å². The Balaban J connectivity index is 1.65. The second-order valence-electron chi connectivity index (χ2n) is 6.38. The normalized spacial score (nSPS) is 29.3. The Kier molecular flexibility index (Phi) is 5.51. The molecule has 3 rings (SSSR count). The van der Waals surface area contributed by atoms with Gasteiger partial charge in [-0.25, -0.2) is 0 Å². The van der Waals surface area contributed by atoms with E-state index in [1.54, 1.807) is 0 Å². The van der Waals surface area contributed by atoms with E-state index in [2.05, 4.69) is 11.9 Å². The second-order valence-corrected chi connectivity index (χ2v) is 7.67. The first-order valence-corrected chi connectivity index (χ1v) is 9.81. The van der Waals surface area contributed by atoms with E-state index in [0.717, 1.165) is 18.4 Å². The molecule has 2 bridgehead atoms. The summed E-state index contributed by atoms with van der Waals surface area (Å²) in [7, 11) is 2.20. The van der Waals surface area contributed by atoms with Crippen LogP contribution in [0.15, 0.2) is 30.3 Å². The summed E-state index contributed by atoms with van der Waals surface area (Å²) in [5.41, 5.74) is 0.990. The van der Waals surface area contributed by atoms with Crippen molar-refractivity contribution in [2.24, 2.45) is 0 Å². The van der Waals surface area contributed by atoms with Crippen molar-refractivity contribution in [1.29, 1.82) is 0 Å². The quantitative estimate of drug-likeness (QED) is 0.460. The molecule has 0 aliphatic carbocycles. The first-order valence-electron chi connectivity index (χ1n) is 7.98. The van der Waals surface area contributed by atoms with Crippen LogP contribution in [0.5, 0.6) is 0 Å². The number of ether oxygens (including phenoxy) is 1. The molecule has 1 aromatic carbocycles. The van der Waals surface area contributed by atoms with Gasteiger partial charge in [-0.1, -0.05) is 0 Å². The molecule has 0 spiro atoms. The summed E-state index contributed by atoms with van der Waals surface area (Å²) in [4.78, 5) is 15.1. The van der Waals surface area contributed by atoms with Crippen molar-refractivity contribution in [3.05, 3.63) is 35.9 Å². The first-order chi connectivity index (χ1) is 10.7. The number of carbonyl (C=O) groups is 1. The monoisotopic (exact) mass is 497 g/mol. The number of esters is 1. The molecule has 2 aliphatic rings. The summed E-state index contributed by atoms with van der Waals surface area (Å²) in [6.45, 7) is 0.437. The van der Waals surface area contributed by atoms with Crippen LogP contribution in [-0.2, 0) is 12.2 Å². The predicted molar refractivity (Wildman–Crippen MR) is 86.0 cm³/mol. The molecule has 2 radical (unpaired) electrons. The molecule has 4 nitrogen and oxygen atoms in total. The van der Waals surface area contributed by atoms with Crippen molar-refractivity contribution >= 4 is 32.2 Å². The molecule has 118 valence electrons. The van der Waals surface area contributed by atoms with Gasteiger partial charge in [-0.05, 0) is 0 Å². The zero-order chi connectivity index (χ0) is 15.5. The molecule has 4 atom stereocenters. The zero-order valence-electron chi connectivity index (χ0n) is 13.0. The van der Waals surface area contributed by atoms with Crippen molar-refractivity contribution < 1.29 is 12.2 Å². The van der Waals surface area contributed by atoms with E-state index < -0.39 is 0 Å². The van der Waals surface area contributed by atoms with Crippen LogP contribution in [0, 0.1) is 0 Å². The second kappa shape index (κ2) is 7.40. The van der Waals surface area contributed by atoms with Crippen LogP contribution in [0.25, 0.3) is 0 Å². The first kappa shape index (κ1) is 16.4. The molecule has 2 saturated heterocycles. The Morgan fingerprint density at radius 2 is 1.91 bits per heavy atom. The average molecular weight is 497 g/mol. The molecule has 0 saturated carbocycles. The van der Waals surface area contributed by atoms with Crippen LogP contribution < -0.4 is 0 Å². The number of hydrogen-bond donors (Lipinski definition) is 0. The molecular formula is C17H23NO3Pb. The van der Waals surface area contributed by atoms with Crippen molar-refractivity contribution in [2.75, 3.05) is 13.7 Å². The van der Waals surface area contributed by atoms with E-state index >= 15 is 0 Å². The standard InChI is InChI=1S/C17H22NO3.Pb.H/c1-18-13-7-8-14(18)10-15(9-13)21-17(20)16(11-19)12-5-3-2-4-6-12;;/h2-6,13-16H,7-11H2,1H3;;/q-1;+1;/t13-,14+,15+,16?;;. The van der Waals surface area contributed by atoms with Gasteiger partial charge in [0, 0.05) is 0 Å². The molecule has 2 aliphatic heterocycles. The van der Waals surface area contributed by atoms with Gasteiger partial charge < -0.3 is 0 Å². The van der Waals surface area contributed by atoms with Gasteiger partial charge in [0.05, 0.1) is 0 Å². The van der Waals surface area contributed by atoms with Gasteiger partial charge in [-0.3, -0.25) is 0 Å².